The lowest BCUT2D eigenvalue weighted by Crippen LogP contribution is -2.17. The number of hydrogen-bond donors (Lipinski definition) is 2. The smallest absolute Gasteiger partial charge is 0.369 e. The van der Waals surface area contributed by atoms with Gasteiger partial charge in [0.2, 0.25) is 0 Å². The fourth-order valence-corrected chi connectivity index (χ4v) is 4.44. The van der Waals surface area contributed by atoms with E-state index in [9.17, 15) is 18.0 Å². The Balaban J connectivity index is 1.43. The molecule has 5 rings (SSSR count). The maximum Gasteiger partial charge on any atom is 0.435 e. The minimum Gasteiger partial charge on any atom is -0.369 e. The number of nitrogens with zero attached hydrogens (tertiary/aromatic N) is 2. The van der Waals surface area contributed by atoms with Crippen LogP contribution in [0.4, 0.5) is 18.9 Å². The molecular weight excluding hydrogens is 505 g/mol. The molecule has 202 valence electrons. The Labute approximate surface area is 224 Å². The predicted molar refractivity (Wildman–Crippen MR) is 142 cm³/mol. The van der Waals surface area contributed by atoms with Gasteiger partial charge in [-0.05, 0) is 53.3 Å². The van der Waals surface area contributed by atoms with Crippen LogP contribution in [0.15, 0.2) is 84.9 Å². The summed E-state index contributed by atoms with van der Waals surface area (Å²) in [5.41, 5.74) is 7.53. The second-order valence-corrected chi connectivity index (χ2v) is 9.67. The molecule has 1 atom stereocenters. The van der Waals surface area contributed by atoms with Gasteiger partial charge in [0.05, 0.1) is 5.69 Å². The Morgan fingerprint density at radius 1 is 1.00 bits per heavy atom. The first-order valence-corrected chi connectivity index (χ1v) is 12.9. The van der Waals surface area contributed by atoms with Crippen LogP contribution >= 0.6 is 0 Å². The van der Waals surface area contributed by atoms with E-state index in [2.05, 4.69) is 10.4 Å². The number of halogens is 3. The Kier molecular flexibility index (Phi) is 7.81. The summed E-state index contributed by atoms with van der Waals surface area (Å²) in [5, 5.41) is 6.44. The fraction of sp³-hybridized carbons (Fsp3) is 0.267. The van der Waals surface area contributed by atoms with Crippen LogP contribution in [0, 0.1) is 5.92 Å². The number of nitrogens with one attached hydrogen (secondary N) is 1. The van der Waals surface area contributed by atoms with E-state index in [0.717, 1.165) is 34.2 Å². The number of nitrogens with two attached hydrogens (primary N) is 1. The number of carbonyl (C=O) groups is 1. The van der Waals surface area contributed by atoms with E-state index in [4.69, 9.17) is 10.5 Å². The Morgan fingerprint density at radius 3 is 2.46 bits per heavy atom. The quantitative estimate of drug-likeness (QED) is 0.243. The van der Waals surface area contributed by atoms with E-state index >= 15 is 0 Å². The third-order valence-electron chi connectivity index (χ3n) is 6.68. The van der Waals surface area contributed by atoms with Gasteiger partial charge in [-0.15, -0.1) is 0 Å². The standard InChI is InChI=1S/C30H29F3N4O2/c31-30(32,33)27-18-26(37(36-27)25-11-4-6-21(16-25)19-34)29(38)35-24-10-5-9-23(17-24)28(22-7-2-1-3-8-22)39-15-14-20-12-13-20/h1-11,16-18,20,28H,12-15,19,34H2,(H,35,38). The largest absolute Gasteiger partial charge is 0.435 e. The molecule has 1 fully saturated rings. The minimum absolute atomic E-state index is 0.195. The monoisotopic (exact) mass is 534 g/mol. The first-order valence-electron chi connectivity index (χ1n) is 12.9. The molecule has 1 unspecified atom stereocenters. The van der Waals surface area contributed by atoms with Crippen molar-refractivity contribution in [3.05, 3.63) is 113 Å². The maximum atomic E-state index is 13.5. The van der Waals surface area contributed by atoms with E-state index in [-0.39, 0.29) is 18.3 Å². The lowest BCUT2D eigenvalue weighted by Gasteiger charge is -2.20. The molecule has 0 spiro atoms. The van der Waals surface area contributed by atoms with Gasteiger partial charge in [0.25, 0.3) is 5.91 Å². The topological polar surface area (TPSA) is 82.2 Å². The summed E-state index contributed by atoms with van der Waals surface area (Å²) in [7, 11) is 0. The van der Waals surface area contributed by atoms with Crippen molar-refractivity contribution in [2.45, 2.75) is 38.1 Å². The maximum absolute atomic E-state index is 13.5. The van der Waals surface area contributed by atoms with Crippen LogP contribution in [0.2, 0.25) is 0 Å². The lowest BCUT2D eigenvalue weighted by atomic mass is 10.0. The van der Waals surface area contributed by atoms with Crippen molar-refractivity contribution in [2.75, 3.05) is 11.9 Å². The van der Waals surface area contributed by atoms with Crippen molar-refractivity contribution in [3.8, 4) is 5.69 Å². The molecule has 0 bridgehead atoms. The molecule has 4 aromatic rings. The third-order valence-corrected chi connectivity index (χ3v) is 6.68. The normalized spacial score (nSPS) is 14.3. The Hall–Kier alpha value is -3.95. The van der Waals surface area contributed by atoms with E-state index in [0.29, 0.717) is 23.5 Å². The molecule has 0 saturated heterocycles. The number of ether oxygens (including phenoxy) is 1. The molecule has 1 aliphatic carbocycles. The molecular formula is C30H29F3N4O2. The van der Waals surface area contributed by atoms with Crippen molar-refractivity contribution >= 4 is 11.6 Å². The molecule has 6 nitrogen and oxygen atoms in total. The van der Waals surface area contributed by atoms with Crippen LogP contribution < -0.4 is 11.1 Å². The van der Waals surface area contributed by atoms with Gasteiger partial charge < -0.3 is 15.8 Å². The summed E-state index contributed by atoms with van der Waals surface area (Å²) in [6.07, 6.45) is -1.58. The molecule has 9 heteroatoms. The number of anilines is 1. The zero-order valence-corrected chi connectivity index (χ0v) is 21.2. The minimum atomic E-state index is -4.72. The molecule has 1 aromatic heterocycles. The van der Waals surface area contributed by atoms with E-state index in [1.807, 2.05) is 36.4 Å². The highest BCUT2D eigenvalue weighted by molar-refractivity contribution is 6.03. The van der Waals surface area contributed by atoms with Crippen molar-refractivity contribution in [2.24, 2.45) is 11.7 Å². The second-order valence-electron chi connectivity index (χ2n) is 9.67. The summed E-state index contributed by atoms with van der Waals surface area (Å²) in [6, 6.07) is 24.3. The number of carbonyl (C=O) groups excluding carboxylic acids is 1. The average Bonchev–Trinajstić information content (AvgIpc) is 3.64. The SMILES string of the molecule is NCc1cccc(-n2nc(C(F)(F)F)cc2C(=O)Nc2cccc(C(OCCC3CC3)c3ccccc3)c2)c1. The zero-order valence-electron chi connectivity index (χ0n) is 21.2. The molecule has 39 heavy (non-hydrogen) atoms. The van der Waals surface area contributed by atoms with Crippen LogP contribution in [0.25, 0.3) is 5.69 Å². The molecule has 3 N–H and O–H groups in total. The van der Waals surface area contributed by atoms with Crippen molar-refractivity contribution in [1.29, 1.82) is 0 Å². The van der Waals surface area contributed by atoms with Gasteiger partial charge in [-0.25, -0.2) is 4.68 Å². The summed E-state index contributed by atoms with van der Waals surface area (Å²) in [5.74, 6) is 0.00301. The van der Waals surface area contributed by atoms with Gasteiger partial charge in [0.15, 0.2) is 5.69 Å². The number of benzene rings is 3. The van der Waals surface area contributed by atoms with Gasteiger partial charge in [-0.2, -0.15) is 18.3 Å². The van der Waals surface area contributed by atoms with E-state index in [1.54, 1.807) is 42.5 Å². The molecule has 1 saturated carbocycles. The molecule has 0 radical (unpaired) electrons. The van der Waals surface area contributed by atoms with Crippen molar-refractivity contribution in [1.82, 2.24) is 9.78 Å². The Morgan fingerprint density at radius 2 is 1.74 bits per heavy atom. The van der Waals surface area contributed by atoms with E-state index in [1.165, 1.54) is 12.8 Å². The number of aromatic nitrogens is 2. The second kappa shape index (κ2) is 11.4. The highest BCUT2D eigenvalue weighted by atomic mass is 19.4. The number of rotatable bonds is 10. The molecule has 0 aliphatic heterocycles. The number of hydrogen-bond acceptors (Lipinski definition) is 4. The highest BCUT2D eigenvalue weighted by Crippen LogP contribution is 2.34. The van der Waals surface area contributed by atoms with Gasteiger partial charge in [-0.1, -0.05) is 67.4 Å². The van der Waals surface area contributed by atoms with Gasteiger partial charge in [0, 0.05) is 24.9 Å². The first kappa shape index (κ1) is 26.6. The molecule has 1 heterocycles. The summed E-state index contributed by atoms with van der Waals surface area (Å²) < 4.78 is 47.9. The van der Waals surface area contributed by atoms with Gasteiger partial charge in [-0.3, -0.25) is 4.79 Å². The van der Waals surface area contributed by atoms with Crippen LogP contribution in [-0.2, 0) is 17.5 Å². The summed E-state index contributed by atoms with van der Waals surface area (Å²) in [4.78, 5) is 13.3. The van der Waals surface area contributed by atoms with Crippen molar-refractivity contribution < 1.29 is 22.7 Å². The van der Waals surface area contributed by atoms with Gasteiger partial charge >= 0.3 is 6.18 Å². The fourth-order valence-electron chi connectivity index (χ4n) is 4.44. The molecule has 1 amide bonds. The van der Waals surface area contributed by atoms with Crippen LogP contribution in [0.1, 0.15) is 58.2 Å². The average molecular weight is 535 g/mol. The van der Waals surface area contributed by atoms with Crippen molar-refractivity contribution in [3.63, 3.8) is 0 Å². The molecule has 3 aromatic carbocycles. The zero-order chi connectivity index (χ0) is 27.4. The van der Waals surface area contributed by atoms with Crippen LogP contribution in [-0.4, -0.2) is 22.3 Å². The number of amides is 1. The lowest BCUT2D eigenvalue weighted by molar-refractivity contribution is -0.141. The number of alkyl halides is 3. The summed E-state index contributed by atoms with van der Waals surface area (Å²) in [6.45, 7) is 0.808. The molecule has 1 aliphatic rings. The van der Waals surface area contributed by atoms with Crippen LogP contribution in [0.5, 0.6) is 0 Å². The van der Waals surface area contributed by atoms with Gasteiger partial charge in [0.1, 0.15) is 11.8 Å². The van der Waals surface area contributed by atoms with Crippen LogP contribution in [0.3, 0.4) is 0 Å². The Bertz CT molecular complexity index is 1430. The third kappa shape index (κ3) is 6.55. The van der Waals surface area contributed by atoms with E-state index < -0.39 is 17.8 Å². The summed E-state index contributed by atoms with van der Waals surface area (Å²) >= 11 is 0. The highest BCUT2D eigenvalue weighted by Gasteiger charge is 2.36. The predicted octanol–water partition coefficient (Wildman–Crippen LogP) is 6.51. The first-order chi connectivity index (χ1) is 18.8.